The summed E-state index contributed by atoms with van der Waals surface area (Å²) >= 11 is 1.13. The smallest absolute Gasteiger partial charge is 0.250 e. The summed E-state index contributed by atoms with van der Waals surface area (Å²) in [5.41, 5.74) is -0.530. The predicted octanol–water partition coefficient (Wildman–Crippen LogP) is 1.64. The molecule has 6 heteroatoms. The molecule has 16 heavy (non-hydrogen) atoms. The molecule has 0 bridgehead atoms. The van der Waals surface area contributed by atoms with Gasteiger partial charge in [0.05, 0.1) is 6.54 Å². The second-order valence-electron chi connectivity index (χ2n) is 4.43. The van der Waals surface area contributed by atoms with E-state index in [-0.39, 0.29) is 16.5 Å². The molecule has 0 aliphatic carbocycles. The van der Waals surface area contributed by atoms with Crippen molar-refractivity contribution < 1.29 is 13.2 Å². The number of hydrogen-bond donors (Lipinski definition) is 1. The van der Waals surface area contributed by atoms with Crippen LogP contribution < -0.4 is 4.72 Å². The number of sulfonamides is 1. The summed E-state index contributed by atoms with van der Waals surface area (Å²) < 4.78 is 25.9. The van der Waals surface area contributed by atoms with E-state index in [1.165, 1.54) is 6.07 Å². The number of thiophene rings is 1. The quantitative estimate of drug-likeness (QED) is 0.896. The second kappa shape index (κ2) is 4.65. The Kier molecular flexibility index (Phi) is 3.88. The lowest BCUT2D eigenvalue weighted by Crippen LogP contribution is -2.35. The molecule has 0 unspecified atom stereocenters. The number of carbonyl (C=O) groups excluding carboxylic acids is 1. The van der Waals surface area contributed by atoms with Crippen molar-refractivity contribution in [3.05, 3.63) is 17.5 Å². The lowest BCUT2D eigenvalue weighted by atomic mass is 9.91. The highest BCUT2D eigenvalue weighted by atomic mass is 32.2. The molecule has 0 amide bonds. The first kappa shape index (κ1) is 13.3. The molecule has 1 rings (SSSR count). The maximum atomic E-state index is 11.7. The highest BCUT2D eigenvalue weighted by Gasteiger charge is 2.23. The van der Waals surface area contributed by atoms with E-state index < -0.39 is 15.4 Å². The molecular formula is C10H15NO3S2. The summed E-state index contributed by atoms with van der Waals surface area (Å²) in [5.74, 6) is -0.132. The fourth-order valence-corrected chi connectivity index (χ4v) is 2.93. The Labute approximate surface area is 99.7 Å². The average Bonchev–Trinajstić information content (AvgIpc) is 2.65. The SMILES string of the molecule is CC(C)(C)C(=O)CNS(=O)(=O)c1cccs1. The summed E-state index contributed by atoms with van der Waals surface area (Å²) in [4.78, 5) is 11.6. The topological polar surface area (TPSA) is 63.2 Å². The van der Waals surface area contributed by atoms with Gasteiger partial charge in [-0.3, -0.25) is 4.79 Å². The maximum absolute atomic E-state index is 11.7. The summed E-state index contributed by atoms with van der Waals surface area (Å²) in [7, 11) is -3.52. The molecule has 0 saturated carbocycles. The summed E-state index contributed by atoms with van der Waals surface area (Å²) in [5, 5.41) is 1.68. The highest BCUT2D eigenvalue weighted by Crippen LogP contribution is 2.17. The van der Waals surface area contributed by atoms with Gasteiger partial charge in [0.25, 0.3) is 0 Å². The van der Waals surface area contributed by atoms with Crippen molar-refractivity contribution in [1.29, 1.82) is 0 Å². The van der Waals surface area contributed by atoms with Gasteiger partial charge in [-0.15, -0.1) is 11.3 Å². The molecule has 1 aromatic heterocycles. The van der Waals surface area contributed by atoms with Gasteiger partial charge in [-0.25, -0.2) is 13.1 Å². The van der Waals surface area contributed by atoms with Crippen LogP contribution in [-0.4, -0.2) is 20.7 Å². The Morgan fingerprint density at radius 2 is 2.06 bits per heavy atom. The van der Waals surface area contributed by atoms with Crippen LogP contribution in [0.15, 0.2) is 21.7 Å². The molecule has 1 N–H and O–H groups in total. The highest BCUT2D eigenvalue weighted by molar-refractivity contribution is 7.91. The molecule has 1 heterocycles. The van der Waals surface area contributed by atoms with Crippen LogP contribution in [-0.2, 0) is 14.8 Å². The van der Waals surface area contributed by atoms with Gasteiger partial charge in [0.2, 0.25) is 10.0 Å². The predicted molar refractivity (Wildman–Crippen MR) is 64.0 cm³/mol. The Bertz CT molecular complexity index is 455. The summed E-state index contributed by atoms with van der Waals surface area (Å²) in [6.45, 7) is 5.11. The van der Waals surface area contributed by atoms with Crippen molar-refractivity contribution in [3.8, 4) is 0 Å². The lowest BCUT2D eigenvalue weighted by Gasteiger charge is -2.16. The van der Waals surface area contributed by atoms with E-state index >= 15 is 0 Å². The van der Waals surface area contributed by atoms with Crippen molar-refractivity contribution in [2.45, 2.75) is 25.0 Å². The number of Topliss-reactive ketones (excluding diaryl/α,β-unsaturated/α-hetero) is 1. The zero-order valence-electron chi connectivity index (χ0n) is 9.48. The molecule has 0 aliphatic rings. The summed E-state index contributed by atoms with van der Waals surface area (Å²) in [6.07, 6.45) is 0. The monoisotopic (exact) mass is 261 g/mol. The van der Waals surface area contributed by atoms with Crippen molar-refractivity contribution in [1.82, 2.24) is 4.72 Å². The maximum Gasteiger partial charge on any atom is 0.250 e. The number of nitrogens with one attached hydrogen (secondary N) is 1. The van der Waals surface area contributed by atoms with Crippen LogP contribution in [0, 0.1) is 5.41 Å². The fraction of sp³-hybridized carbons (Fsp3) is 0.500. The molecular weight excluding hydrogens is 246 g/mol. The van der Waals surface area contributed by atoms with E-state index in [9.17, 15) is 13.2 Å². The molecule has 0 fully saturated rings. The fourth-order valence-electron chi connectivity index (χ4n) is 0.913. The van der Waals surface area contributed by atoms with Crippen LogP contribution in [0.2, 0.25) is 0 Å². The second-order valence-corrected chi connectivity index (χ2v) is 7.37. The molecule has 0 aliphatic heterocycles. The van der Waals surface area contributed by atoms with Gasteiger partial charge in [-0.2, -0.15) is 0 Å². The first-order valence-corrected chi connectivity index (χ1v) is 7.16. The normalized spacial score (nSPS) is 12.7. The van der Waals surface area contributed by atoms with Crippen molar-refractivity contribution >= 4 is 27.1 Å². The standard InChI is InChI=1S/C10H15NO3S2/c1-10(2,3)8(12)7-11-16(13,14)9-5-4-6-15-9/h4-6,11H,7H2,1-3H3. The van der Waals surface area contributed by atoms with E-state index in [2.05, 4.69) is 4.72 Å². The summed E-state index contributed by atoms with van der Waals surface area (Å²) in [6, 6.07) is 3.17. The minimum Gasteiger partial charge on any atom is -0.298 e. The van der Waals surface area contributed by atoms with Gasteiger partial charge in [-0.1, -0.05) is 26.8 Å². The van der Waals surface area contributed by atoms with Gasteiger partial charge in [-0.05, 0) is 11.4 Å². The molecule has 0 saturated heterocycles. The molecule has 0 radical (unpaired) electrons. The van der Waals surface area contributed by atoms with E-state index in [1.807, 2.05) is 0 Å². The molecule has 0 aromatic carbocycles. The first-order valence-electron chi connectivity index (χ1n) is 4.80. The van der Waals surface area contributed by atoms with Crippen LogP contribution in [0.1, 0.15) is 20.8 Å². The van der Waals surface area contributed by atoms with Crippen molar-refractivity contribution in [3.63, 3.8) is 0 Å². The number of ketones is 1. The minimum atomic E-state index is -3.52. The van der Waals surface area contributed by atoms with Crippen molar-refractivity contribution in [2.75, 3.05) is 6.54 Å². The average molecular weight is 261 g/mol. The third kappa shape index (κ3) is 3.40. The molecule has 1 aromatic rings. The van der Waals surface area contributed by atoms with E-state index in [4.69, 9.17) is 0 Å². The largest absolute Gasteiger partial charge is 0.298 e. The third-order valence-electron chi connectivity index (χ3n) is 2.02. The zero-order valence-corrected chi connectivity index (χ0v) is 11.1. The molecule has 0 spiro atoms. The van der Waals surface area contributed by atoms with E-state index in [0.29, 0.717) is 0 Å². The Morgan fingerprint density at radius 3 is 2.50 bits per heavy atom. The van der Waals surface area contributed by atoms with Crippen LogP contribution >= 0.6 is 11.3 Å². The Morgan fingerprint density at radius 1 is 1.44 bits per heavy atom. The van der Waals surface area contributed by atoms with E-state index in [1.54, 1.807) is 32.2 Å². The van der Waals surface area contributed by atoms with Crippen LogP contribution in [0.5, 0.6) is 0 Å². The Balaban J connectivity index is 2.67. The van der Waals surface area contributed by atoms with Crippen LogP contribution in [0.4, 0.5) is 0 Å². The zero-order chi connectivity index (χ0) is 12.4. The lowest BCUT2D eigenvalue weighted by molar-refractivity contribution is -0.125. The van der Waals surface area contributed by atoms with Crippen LogP contribution in [0.25, 0.3) is 0 Å². The van der Waals surface area contributed by atoms with Gasteiger partial charge in [0.1, 0.15) is 4.21 Å². The molecule has 4 nitrogen and oxygen atoms in total. The third-order valence-corrected chi connectivity index (χ3v) is 4.82. The first-order chi connectivity index (χ1) is 7.23. The van der Waals surface area contributed by atoms with Gasteiger partial charge < -0.3 is 0 Å². The van der Waals surface area contributed by atoms with Gasteiger partial charge >= 0.3 is 0 Å². The van der Waals surface area contributed by atoms with Gasteiger partial charge in [0.15, 0.2) is 5.78 Å². The number of rotatable bonds is 4. The minimum absolute atomic E-state index is 0.132. The van der Waals surface area contributed by atoms with Crippen molar-refractivity contribution in [2.24, 2.45) is 5.41 Å². The van der Waals surface area contributed by atoms with Gasteiger partial charge in [0, 0.05) is 5.41 Å². The number of carbonyl (C=O) groups is 1. The van der Waals surface area contributed by atoms with E-state index in [0.717, 1.165) is 11.3 Å². The molecule has 0 atom stereocenters. The Hall–Kier alpha value is -0.720. The number of hydrogen-bond acceptors (Lipinski definition) is 4. The molecule has 90 valence electrons. The van der Waals surface area contributed by atoms with Crippen LogP contribution in [0.3, 0.4) is 0 Å².